The first-order chi connectivity index (χ1) is 17.5. The Hall–Kier alpha value is -4.13. The summed E-state index contributed by atoms with van der Waals surface area (Å²) in [7, 11) is 0. The molecule has 0 spiro atoms. The first-order valence-electron chi connectivity index (χ1n) is 11.9. The maximum absolute atomic E-state index is 12.4. The Morgan fingerprint density at radius 3 is 1.89 bits per heavy atom. The molecule has 1 amide bonds. The zero-order valence-electron chi connectivity index (χ0n) is 19.5. The van der Waals surface area contributed by atoms with Crippen LogP contribution in [-0.2, 0) is 4.74 Å². The Kier molecular flexibility index (Phi) is 6.71. The monoisotopic (exact) mass is 481 g/mol. The fraction of sp³-hybridized carbons (Fsp3) is 0.167. The van der Waals surface area contributed by atoms with Crippen LogP contribution in [0.4, 0.5) is 4.79 Å². The predicted octanol–water partition coefficient (Wildman–Crippen LogP) is 4.99. The smallest absolute Gasteiger partial charge is 0.407 e. The van der Waals surface area contributed by atoms with E-state index in [2.05, 4.69) is 17.4 Å². The Morgan fingerprint density at radius 1 is 0.778 bits per heavy atom. The summed E-state index contributed by atoms with van der Waals surface area (Å²) < 4.78 is 5.49. The van der Waals surface area contributed by atoms with Gasteiger partial charge >= 0.3 is 6.09 Å². The van der Waals surface area contributed by atoms with Crippen molar-refractivity contribution in [3.8, 4) is 28.0 Å². The van der Waals surface area contributed by atoms with Gasteiger partial charge in [-0.3, -0.25) is 0 Å². The predicted molar refractivity (Wildman–Crippen MR) is 138 cm³/mol. The van der Waals surface area contributed by atoms with Crippen molar-refractivity contribution in [3.63, 3.8) is 0 Å². The zero-order valence-corrected chi connectivity index (χ0v) is 19.5. The maximum atomic E-state index is 12.4. The van der Waals surface area contributed by atoms with Crippen LogP contribution in [0.2, 0.25) is 0 Å². The molecule has 0 heterocycles. The molecule has 0 bridgehead atoms. The van der Waals surface area contributed by atoms with E-state index in [1.807, 2.05) is 48.5 Å². The number of carbonyl (C=O) groups excluding carboxylic acids is 1. The van der Waals surface area contributed by atoms with Gasteiger partial charge < -0.3 is 25.4 Å². The Morgan fingerprint density at radius 2 is 1.31 bits per heavy atom. The SMILES string of the molecule is O=C(NCC(O)C(O)c1ccc(-c2ccc(O)cc2)cc1)OCC1c2ccccc2-c2ccccc21. The van der Waals surface area contributed by atoms with Crippen molar-refractivity contribution >= 4 is 6.09 Å². The minimum Gasteiger partial charge on any atom is -0.508 e. The van der Waals surface area contributed by atoms with Gasteiger partial charge in [-0.15, -0.1) is 0 Å². The molecule has 4 N–H and O–H groups in total. The summed E-state index contributed by atoms with van der Waals surface area (Å²) in [6.07, 6.45) is -3.02. The first-order valence-corrected chi connectivity index (χ1v) is 11.9. The third kappa shape index (κ3) is 4.82. The molecule has 182 valence electrons. The molecule has 6 heteroatoms. The van der Waals surface area contributed by atoms with Crippen LogP contribution in [-0.4, -0.2) is 40.7 Å². The van der Waals surface area contributed by atoms with E-state index in [9.17, 15) is 20.1 Å². The molecule has 0 radical (unpaired) electrons. The molecule has 0 saturated carbocycles. The van der Waals surface area contributed by atoms with Gasteiger partial charge in [-0.1, -0.05) is 84.9 Å². The molecule has 2 atom stereocenters. The highest BCUT2D eigenvalue weighted by Gasteiger charge is 2.29. The van der Waals surface area contributed by atoms with Crippen LogP contribution in [0, 0.1) is 0 Å². The van der Waals surface area contributed by atoms with E-state index in [0.29, 0.717) is 5.56 Å². The number of carbonyl (C=O) groups is 1. The van der Waals surface area contributed by atoms with Crippen LogP contribution in [0.1, 0.15) is 28.7 Å². The summed E-state index contributed by atoms with van der Waals surface area (Å²) in [5.41, 5.74) is 6.91. The number of amides is 1. The van der Waals surface area contributed by atoms with E-state index >= 15 is 0 Å². The molecular weight excluding hydrogens is 454 g/mol. The number of rotatable bonds is 7. The number of aromatic hydroxyl groups is 1. The zero-order chi connectivity index (χ0) is 25.1. The summed E-state index contributed by atoms with van der Waals surface area (Å²) in [6, 6.07) is 30.1. The van der Waals surface area contributed by atoms with E-state index in [0.717, 1.165) is 33.4 Å². The summed E-state index contributed by atoms with van der Waals surface area (Å²) in [4.78, 5) is 12.4. The average molecular weight is 482 g/mol. The lowest BCUT2D eigenvalue weighted by molar-refractivity contribution is 0.0185. The average Bonchev–Trinajstić information content (AvgIpc) is 3.24. The number of alkyl carbamates (subject to hydrolysis) is 1. The van der Waals surface area contributed by atoms with Gasteiger partial charge in [-0.25, -0.2) is 4.79 Å². The van der Waals surface area contributed by atoms with Crippen molar-refractivity contribution in [1.29, 1.82) is 0 Å². The molecule has 4 aromatic rings. The minimum absolute atomic E-state index is 0.0502. The molecule has 0 fully saturated rings. The molecule has 2 unspecified atom stereocenters. The van der Waals surface area contributed by atoms with E-state index < -0.39 is 18.3 Å². The lowest BCUT2D eigenvalue weighted by Crippen LogP contribution is -2.36. The highest BCUT2D eigenvalue weighted by Crippen LogP contribution is 2.44. The molecule has 1 aliphatic carbocycles. The summed E-state index contributed by atoms with van der Waals surface area (Å²) in [6.45, 7) is 0.0226. The van der Waals surface area contributed by atoms with Gasteiger partial charge in [0.2, 0.25) is 0 Å². The van der Waals surface area contributed by atoms with Crippen molar-refractivity contribution in [1.82, 2.24) is 5.32 Å². The highest BCUT2D eigenvalue weighted by atomic mass is 16.5. The minimum atomic E-state index is -1.20. The molecule has 0 aromatic heterocycles. The van der Waals surface area contributed by atoms with Gasteiger partial charge in [0.1, 0.15) is 24.6 Å². The number of aliphatic hydroxyl groups excluding tert-OH is 2. The van der Waals surface area contributed by atoms with E-state index in [4.69, 9.17) is 4.74 Å². The molecular formula is C30H27NO5. The largest absolute Gasteiger partial charge is 0.508 e. The van der Waals surface area contributed by atoms with E-state index in [1.165, 1.54) is 0 Å². The lowest BCUT2D eigenvalue weighted by Gasteiger charge is -2.19. The second-order valence-electron chi connectivity index (χ2n) is 8.89. The summed E-state index contributed by atoms with van der Waals surface area (Å²) in [5.74, 6) is 0.142. The maximum Gasteiger partial charge on any atom is 0.407 e. The Balaban J connectivity index is 1.15. The van der Waals surface area contributed by atoms with Crippen LogP contribution in [0.25, 0.3) is 22.3 Å². The molecule has 0 aliphatic heterocycles. The van der Waals surface area contributed by atoms with Crippen molar-refractivity contribution < 1.29 is 24.9 Å². The summed E-state index contributed by atoms with van der Waals surface area (Å²) in [5, 5.41) is 33.0. The standard InChI is InChI=1S/C30H27NO5/c32-22-15-13-20(14-16-22)19-9-11-21(12-10-19)29(34)28(33)17-31-30(35)36-18-27-25-7-3-1-5-23(25)24-6-2-4-8-26(24)27/h1-16,27-29,32-34H,17-18H2,(H,31,35). The van der Waals surface area contributed by atoms with Gasteiger partial charge in [0.15, 0.2) is 0 Å². The van der Waals surface area contributed by atoms with Crippen LogP contribution < -0.4 is 5.32 Å². The van der Waals surface area contributed by atoms with Crippen molar-refractivity contribution in [3.05, 3.63) is 114 Å². The highest BCUT2D eigenvalue weighted by molar-refractivity contribution is 5.79. The number of aliphatic hydroxyl groups is 2. The normalized spacial score (nSPS) is 13.9. The van der Waals surface area contributed by atoms with Crippen LogP contribution in [0.3, 0.4) is 0 Å². The topological polar surface area (TPSA) is 99.0 Å². The molecule has 36 heavy (non-hydrogen) atoms. The lowest BCUT2D eigenvalue weighted by atomic mass is 9.98. The van der Waals surface area contributed by atoms with Gasteiger partial charge in [0.25, 0.3) is 0 Å². The van der Waals surface area contributed by atoms with Crippen LogP contribution in [0.15, 0.2) is 97.1 Å². The number of benzene rings is 4. The second-order valence-corrected chi connectivity index (χ2v) is 8.89. The van der Waals surface area contributed by atoms with E-state index in [1.54, 1.807) is 36.4 Å². The Bertz CT molecular complexity index is 1310. The molecule has 0 saturated heterocycles. The fourth-order valence-electron chi connectivity index (χ4n) is 4.70. The van der Waals surface area contributed by atoms with Crippen LogP contribution in [0.5, 0.6) is 5.75 Å². The van der Waals surface area contributed by atoms with Gasteiger partial charge in [-0.2, -0.15) is 0 Å². The van der Waals surface area contributed by atoms with Gasteiger partial charge in [0, 0.05) is 12.5 Å². The third-order valence-corrected chi connectivity index (χ3v) is 6.62. The molecule has 4 aromatic carbocycles. The number of phenols is 1. The van der Waals surface area contributed by atoms with Gasteiger partial charge in [0.05, 0.1) is 0 Å². The van der Waals surface area contributed by atoms with Gasteiger partial charge in [-0.05, 0) is 51.1 Å². The second kappa shape index (κ2) is 10.2. The van der Waals surface area contributed by atoms with E-state index in [-0.39, 0.29) is 24.8 Å². The number of hydrogen-bond acceptors (Lipinski definition) is 5. The number of phenolic OH excluding ortho intramolecular Hbond substituents is 1. The number of nitrogens with one attached hydrogen (secondary N) is 1. The van der Waals surface area contributed by atoms with Crippen molar-refractivity contribution in [2.24, 2.45) is 0 Å². The number of hydrogen-bond donors (Lipinski definition) is 4. The first kappa shape index (κ1) is 23.6. The third-order valence-electron chi connectivity index (χ3n) is 6.62. The molecule has 1 aliphatic rings. The number of fused-ring (bicyclic) bond motifs is 3. The fourth-order valence-corrected chi connectivity index (χ4v) is 4.70. The molecule has 6 nitrogen and oxygen atoms in total. The summed E-state index contributed by atoms with van der Waals surface area (Å²) >= 11 is 0. The number of ether oxygens (including phenoxy) is 1. The Labute approximate surface area is 209 Å². The molecule has 5 rings (SSSR count). The van der Waals surface area contributed by atoms with Crippen molar-refractivity contribution in [2.75, 3.05) is 13.2 Å². The van der Waals surface area contributed by atoms with Crippen molar-refractivity contribution in [2.45, 2.75) is 18.1 Å². The quantitative estimate of drug-likeness (QED) is 0.298. The van der Waals surface area contributed by atoms with Crippen LogP contribution >= 0.6 is 0 Å².